The SMILES string of the molecule is Cc1ccc(-c2nc3ccccc3[nH]2)cc1NC(=O)c1cccc([N+](=O)[O-])c1C. The van der Waals surface area contributed by atoms with Crippen LogP contribution in [0.15, 0.2) is 60.7 Å². The molecule has 144 valence electrons. The zero-order valence-electron chi connectivity index (χ0n) is 15.9. The fraction of sp³-hybridized carbons (Fsp3) is 0.0909. The molecule has 4 rings (SSSR count). The number of H-pyrrole nitrogens is 1. The summed E-state index contributed by atoms with van der Waals surface area (Å²) in [6, 6.07) is 17.9. The topological polar surface area (TPSA) is 101 Å². The van der Waals surface area contributed by atoms with Gasteiger partial charge < -0.3 is 10.3 Å². The van der Waals surface area contributed by atoms with Crippen LogP contribution in [0.3, 0.4) is 0 Å². The van der Waals surface area contributed by atoms with Gasteiger partial charge in [0.05, 0.1) is 16.0 Å². The van der Waals surface area contributed by atoms with E-state index in [2.05, 4.69) is 15.3 Å². The minimum Gasteiger partial charge on any atom is -0.338 e. The van der Waals surface area contributed by atoms with Gasteiger partial charge in [0, 0.05) is 28.4 Å². The Morgan fingerprint density at radius 1 is 1.07 bits per heavy atom. The van der Waals surface area contributed by atoms with Gasteiger partial charge in [0.2, 0.25) is 0 Å². The molecule has 0 spiro atoms. The second-order valence-corrected chi connectivity index (χ2v) is 6.79. The number of carbonyl (C=O) groups excluding carboxylic acids is 1. The second kappa shape index (κ2) is 7.20. The summed E-state index contributed by atoms with van der Waals surface area (Å²) >= 11 is 0. The molecule has 3 aromatic carbocycles. The van der Waals surface area contributed by atoms with Crippen molar-refractivity contribution in [2.24, 2.45) is 0 Å². The minimum absolute atomic E-state index is 0.0783. The Bertz CT molecular complexity index is 1230. The number of amides is 1. The van der Waals surface area contributed by atoms with E-state index in [0.717, 1.165) is 22.2 Å². The van der Waals surface area contributed by atoms with Gasteiger partial charge in [0.25, 0.3) is 11.6 Å². The summed E-state index contributed by atoms with van der Waals surface area (Å²) in [7, 11) is 0. The van der Waals surface area contributed by atoms with Crippen LogP contribution < -0.4 is 5.32 Å². The Morgan fingerprint density at radius 2 is 1.86 bits per heavy atom. The Labute approximate surface area is 166 Å². The summed E-state index contributed by atoms with van der Waals surface area (Å²) in [5.74, 6) is 0.310. The predicted octanol–water partition coefficient (Wildman–Crippen LogP) is 5.01. The standard InChI is InChI=1S/C22H18N4O3/c1-13-10-11-15(21-23-17-7-3-4-8-18(17)24-21)12-19(13)25-22(27)16-6-5-9-20(14(16)2)26(28)29/h3-12H,1-2H3,(H,23,24)(H,25,27). The van der Waals surface area contributed by atoms with Gasteiger partial charge in [-0.3, -0.25) is 14.9 Å². The van der Waals surface area contributed by atoms with Gasteiger partial charge in [-0.05, 0) is 43.7 Å². The van der Waals surface area contributed by atoms with Crippen molar-refractivity contribution in [2.45, 2.75) is 13.8 Å². The number of nitrogens with zero attached hydrogens (tertiary/aromatic N) is 2. The first-order valence-electron chi connectivity index (χ1n) is 9.05. The van der Waals surface area contributed by atoms with Crippen LogP contribution in [0.1, 0.15) is 21.5 Å². The van der Waals surface area contributed by atoms with Crippen molar-refractivity contribution in [3.05, 3.63) is 87.5 Å². The number of aryl methyl sites for hydroxylation is 1. The zero-order chi connectivity index (χ0) is 20.5. The molecule has 1 heterocycles. The third-order valence-corrected chi connectivity index (χ3v) is 4.90. The first-order valence-corrected chi connectivity index (χ1v) is 9.05. The molecule has 0 aliphatic rings. The number of hydrogen-bond acceptors (Lipinski definition) is 4. The number of nitro groups is 1. The number of fused-ring (bicyclic) bond motifs is 1. The van der Waals surface area contributed by atoms with Crippen LogP contribution in [0, 0.1) is 24.0 Å². The van der Waals surface area contributed by atoms with Gasteiger partial charge in [-0.25, -0.2) is 4.98 Å². The molecule has 1 amide bonds. The molecule has 0 fully saturated rings. The van der Waals surface area contributed by atoms with Crippen LogP contribution in [0.4, 0.5) is 11.4 Å². The van der Waals surface area contributed by atoms with E-state index in [1.54, 1.807) is 13.0 Å². The molecule has 29 heavy (non-hydrogen) atoms. The number of nitro benzene ring substituents is 1. The number of aromatic nitrogens is 2. The molecule has 2 N–H and O–H groups in total. The average Bonchev–Trinajstić information content (AvgIpc) is 3.13. The van der Waals surface area contributed by atoms with Crippen LogP contribution >= 0.6 is 0 Å². The number of aromatic amines is 1. The van der Waals surface area contributed by atoms with Crippen molar-refractivity contribution in [2.75, 3.05) is 5.32 Å². The third kappa shape index (κ3) is 3.45. The lowest BCUT2D eigenvalue weighted by Gasteiger charge is -2.11. The van der Waals surface area contributed by atoms with E-state index in [1.165, 1.54) is 12.1 Å². The van der Waals surface area contributed by atoms with Gasteiger partial charge >= 0.3 is 0 Å². The van der Waals surface area contributed by atoms with E-state index in [0.29, 0.717) is 17.1 Å². The maximum absolute atomic E-state index is 12.8. The number of rotatable bonds is 4. The number of carbonyl (C=O) groups is 1. The van der Waals surface area contributed by atoms with E-state index < -0.39 is 10.8 Å². The molecule has 0 atom stereocenters. The molecule has 0 aliphatic heterocycles. The van der Waals surface area contributed by atoms with Crippen LogP contribution in [-0.2, 0) is 0 Å². The molecule has 4 aromatic rings. The highest BCUT2D eigenvalue weighted by molar-refractivity contribution is 6.06. The molecule has 1 aromatic heterocycles. The molecule has 0 saturated heterocycles. The maximum atomic E-state index is 12.8. The lowest BCUT2D eigenvalue weighted by molar-refractivity contribution is -0.385. The summed E-state index contributed by atoms with van der Waals surface area (Å²) in [6.45, 7) is 3.46. The van der Waals surface area contributed by atoms with Crippen molar-refractivity contribution in [1.82, 2.24) is 9.97 Å². The van der Waals surface area contributed by atoms with Gasteiger partial charge in [-0.15, -0.1) is 0 Å². The third-order valence-electron chi connectivity index (χ3n) is 4.90. The quantitative estimate of drug-likeness (QED) is 0.380. The van der Waals surface area contributed by atoms with Gasteiger partial charge in [-0.1, -0.05) is 30.3 Å². The van der Waals surface area contributed by atoms with Crippen LogP contribution in [0.5, 0.6) is 0 Å². The Kier molecular flexibility index (Phi) is 4.56. The average molecular weight is 386 g/mol. The lowest BCUT2D eigenvalue weighted by Crippen LogP contribution is -2.15. The van der Waals surface area contributed by atoms with Crippen LogP contribution in [-0.4, -0.2) is 20.8 Å². The molecule has 0 saturated carbocycles. The summed E-state index contributed by atoms with van der Waals surface area (Å²) in [4.78, 5) is 31.3. The van der Waals surface area contributed by atoms with Crippen molar-refractivity contribution < 1.29 is 9.72 Å². The Hall–Kier alpha value is -4.00. The largest absolute Gasteiger partial charge is 0.338 e. The summed E-state index contributed by atoms with van der Waals surface area (Å²) in [5.41, 5.74) is 4.65. The number of benzene rings is 3. The van der Waals surface area contributed by atoms with Crippen molar-refractivity contribution in [3.8, 4) is 11.4 Å². The Balaban J connectivity index is 1.67. The van der Waals surface area contributed by atoms with E-state index in [4.69, 9.17) is 0 Å². The maximum Gasteiger partial charge on any atom is 0.273 e. The number of hydrogen-bond donors (Lipinski definition) is 2. The zero-order valence-corrected chi connectivity index (χ0v) is 15.9. The fourth-order valence-corrected chi connectivity index (χ4v) is 3.25. The summed E-state index contributed by atoms with van der Waals surface area (Å²) in [6.07, 6.45) is 0. The van der Waals surface area contributed by atoms with Crippen molar-refractivity contribution in [3.63, 3.8) is 0 Å². The van der Waals surface area contributed by atoms with E-state index in [-0.39, 0.29) is 11.3 Å². The molecule has 7 nitrogen and oxygen atoms in total. The van der Waals surface area contributed by atoms with E-state index >= 15 is 0 Å². The van der Waals surface area contributed by atoms with Gasteiger partial charge in [0.1, 0.15) is 5.82 Å². The summed E-state index contributed by atoms with van der Waals surface area (Å²) < 4.78 is 0. The van der Waals surface area contributed by atoms with Gasteiger partial charge in [0.15, 0.2) is 0 Å². The highest BCUT2D eigenvalue weighted by Crippen LogP contribution is 2.27. The summed E-state index contributed by atoms with van der Waals surface area (Å²) in [5, 5.41) is 14.0. The van der Waals surface area contributed by atoms with Gasteiger partial charge in [-0.2, -0.15) is 0 Å². The van der Waals surface area contributed by atoms with Crippen molar-refractivity contribution >= 4 is 28.3 Å². The molecule has 0 bridgehead atoms. The predicted molar refractivity (Wildman–Crippen MR) is 112 cm³/mol. The molecular formula is C22H18N4O3. The first-order chi connectivity index (χ1) is 13.9. The monoisotopic (exact) mass is 386 g/mol. The highest BCUT2D eigenvalue weighted by atomic mass is 16.6. The van der Waals surface area contributed by atoms with Crippen LogP contribution in [0.25, 0.3) is 22.4 Å². The number of para-hydroxylation sites is 2. The first kappa shape index (κ1) is 18.4. The number of nitrogens with one attached hydrogen (secondary N) is 2. The molecule has 0 unspecified atom stereocenters. The highest BCUT2D eigenvalue weighted by Gasteiger charge is 2.18. The normalized spacial score (nSPS) is 10.8. The van der Waals surface area contributed by atoms with Crippen molar-refractivity contribution in [1.29, 1.82) is 0 Å². The van der Waals surface area contributed by atoms with E-state index in [1.807, 2.05) is 49.4 Å². The second-order valence-electron chi connectivity index (χ2n) is 6.79. The minimum atomic E-state index is -0.487. The Morgan fingerprint density at radius 3 is 2.62 bits per heavy atom. The molecule has 0 radical (unpaired) electrons. The molecular weight excluding hydrogens is 368 g/mol. The molecule has 0 aliphatic carbocycles. The molecule has 7 heteroatoms. The lowest BCUT2D eigenvalue weighted by atomic mass is 10.1. The smallest absolute Gasteiger partial charge is 0.273 e. The number of imidazole rings is 1. The van der Waals surface area contributed by atoms with Crippen LogP contribution in [0.2, 0.25) is 0 Å². The fourth-order valence-electron chi connectivity index (χ4n) is 3.25. The number of anilines is 1. The van der Waals surface area contributed by atoms with E-state index in [9.17, 15) is 14.9 Å².